The molecule has 0 N–H and O–H groups in total. The Bertz CT molecular complexity index is 607. The molecule has 0 aromatic carbocycles. The van der Waals surface area contributed by atoms with Crippen molar-refractivity contribution in [3.63, 3.8) is 0 Å². The molecule has 1 aromatic heterocycles. The second kappa shape index (κ2) is 7.44. The molecule has 0 radical (unpaired) electrons. The minimum atomic E-state index is 0.265. The lowest BCUT2D eigenvalue weighted by Gasteiger charge is -2.32. The predicted molar refractivity (Wildman–Crippen MR) is 96.1 cm³/mol. The minimum absolute atomic E-state index is 0.265. The molecule has 1 saturated carbocycles. The van der Waals surface area contributed by atoms with Gasteiger partial charge in [-0.1, -0.05) is 25.7 Å². The number of nitrogens with zero attached hydrogens (tertiary/aromatic N) is 5. The lowest BCUT2D eigenvalue weighted by atomic mass is 9.88. The third-order valence-electron chi connectivity index (χ3n) is 6.39. The quantitative estimate of drug-likeness (QED) is 0.826. The van der Waals surface area contributed by atoms with Crippen LogP contribution in [0.2, 0.25) is 0 Å². The largest absolute Gasteiger partial charge is 0.340 e. The van der Waals surface area contributed by atoms with Crippen LogP contribution in [0.15, 0.2) is 0 Å². The van der Waals surface area contributed by atoms with Gasteiger partial charge in [-0.15, -0.1) is 10.2 Å². The molecule has 3 aliphatic rings. The van der Waals surface area contributed by atoms with Gasteiger partial charge in [0.25, 0.3) is 0 Å². The van der Waals surface area contributed by atoms with Crippen molar-refractivity contribution >= 4 is 5.91 Å². The highest BCUT2D eigenvalue weighted by molar-refractivity contribution is 5.79. The minimum Gasteiger partial charge on any atom is -0.340 e. The number of hydrogen-bond acceptors (Lipinski definition) is 4. The van der Waals surface area contributed by atoms with E-state index >= 15 is 0 Å². The first-order chi connectivity index (χ1) is 12.2. The summed E-state index contributed by atoms with van der Waals surface area (Å²) in [6.07, 6.45) is 10.4. The van der Waals surface area contributed by atoms with E-state index in [0.717, 1.165) is 57.1 Å². The standard InChI is InChI=1S/C19H31N5O/c1-22-11-6-5-9-16(22)18-21-20-17-10-12-23(13-14-24(17)18)19(25)15-7-3-2-4-8-15/h15-16H,2-14H2,1H3. The normalized spacial score (nSPS) is 26.3. The summed E-state index contributed by atoms with van der Waals surface area (Å²) >= 11 is 0. The first kappa shape index (κ1) is 17.0. The maximum Gasteiger partial charge on any atom is 0.225 e. The van der Waals surface area contributed by atoms with Crippen LogP contribution in [0.1, 0.15) is 69.1 Å². The van der Waals surface area contributed by atoms with Gasteiger partial charge in [-0.25, -0.2) is 0 Å². The number of rotatable bonds is 2. The van der Waals surface area contributed by atoms with Gasteiger partial charge in [-0.05, 0) is 39.3 Å². The van der Waals surface area contributed by atoms with Crippen molar-refractivity contribution in [1.29, 1.82) is 0 Å². The Labute approximate surface area is 150 Å². The lowest BCUT2D eigenvalue weighted by molar-refractivity contribution is -0.136. The van der Waals surface area contributed by atoms with Crippen LogP contribution in [0.4, 0.5) is 0 Å². The summed E-state index contributed by atoms with van der Waals surface area (Å²) in [4.78, 5) is 17.4. The van der Waals surface area contributed by atoms with Crippen molar-refractivity contribution in [3.05, 3.63) is 11.6 Å². The average molecular weight is 345 g/mol. The molecule has 0 bridgehead atoms. The highest BCUT2D eigenvalue weighted by atomic mass is 16.2. The molecule has 1 unspecified atom stereocenters. The van der Waals surface area contributed by atoms with Crippen molar-refractivity contribution in [2.24, 2.45) is 5.92 Å². The summed E-state index contributed by atoms with van der Waals surface area (Å²) < 4.78 is 2.31. The number of hydrogen-bond donors (Lipinski definition) is 0. The molecule has 25 heavy (non-hydrogen) atoms. The Morgan fingerprint density at radius 2 is 1.72 bits per heavy atom. The molecule has 1 atom stereocenters. The van der Waals surface area contributed by atoms with Crippen LogP contribution in [0, 0.1) is 5.92 Å². The zero-order valence-corrected chi connectivity index (χ0v) is 15.5. The summed E-state index contributed by atoms with van der Waals surface area (Å²) in [5.41, 5.74) is 0. The van der Waals surface area contributed by atoms with Gasteiger partial charge >= 0.3 is 0 Å². The molecule has 4 rings (SSSR count). The van der Waals surface area contributed by atoms with E-state index in [9.17, 15) is 4.79 Å². The Morgan fingerprint density at radius 1 is 0.920 bits per heavy atom. The van der Waals surface area contributed by atoms with E-state index in [2.05, 4.69) is 31.6 Å². The molecule has 1 saturated heterocycles. The maximum atomic E-state index is 12.9. The second-order valence-electron chi connectivity index (χ2n) is 8.03. The molecule has 1 amide bonds. The molecule has 6 heteroatoms. The molecule has 2 fully saturated rings. The van der Waals surface area contributed by atoms with Gasteiger partial charge in [0.15, 0.2) is 0 Å². The van der Waals surface area contributed by atoms with Crippen molar-refractivity contribution < 1.29 is 4.79 Å². The number of aromatic nitrogens is 3. The number of piperidine rings is 1. The molecule has 138 valence electrons. The van der Waals surface area contributed by atoms with Crippen LogP contribution in [-0.4, -0.2) is 57.2 Å². The summed E-state index contributed by atoms with van der Waals surface area (Å²) in [5.74, 6) is 2.83. The summed E-state index contributed by atoms with van der Waals surface area (Å²) in [6.45, 7) is 3.59. The van der Waals surface area contributed by atoms with Crippen molar-refractivity contribution in [1.82, 2.24) is 24.6 Å². The zero-order valence-electron chi connectivity index (χ0n) is 15.5. The molecule has 1 aliphatic carbocycles. The molecular formula is C19H31N5O. The maximum absolute atomic E-state index is 12.9. The number of fused-ring (bicyclic) bond motifs is 1. The molecule has 1 aromatic rings. The highest BCUT2D eigenvalue weighted by Gasteiger charge is 2.31. The fourth-order valence-corrected chi connectivity index (χ4v) is 4.82. The van der Waals surface area contributed by atoms with E-state index in [1.807, 2.05) is 0 Å². The average Bonchev–Trinajstić information content (AvgIpc) is 2.93. The van der Waals surface area contributed by atoms with Gasteiger partial charge in [0, 0.05) is 32.0 Å². The van der Waals surface area contributed by atoms with Gasteiger partial charge in [0.05, 0.1) is 6.04 Å². The van der Waals surface area contributed by atoms with Crippen LogP contribution in [0.5, 0.6) is 0 Å². The molecule has 3 heterocycles. The monoisotopic (exact) mass is 345 g/mol. The van der Waals surface area contributed by atoms with Crippen LogP contribution >= 0.6 is 0 Å². The summed E-state index contributed by atoms with van der Waals surface area (Å²) in [5, 5.41) is 9.02. The van der Waals surface area contributed by atoms with Gasteiger partial charge in [0.2, 0.25) is 5.91 Å². The Kier molecular flexibility index (Phi) is 5.06. The summed E-state index contributed by atoms with van der Waals surface area (Å²) in [7, 11) is 2.20. The lowest BCUT2D eigenvalue weighted by Crippen LogP contribution is -2.39. The second-order valence-corrected chi connectivity index (χ2v) is 8.03. The van der Waals surface area contributed by atoms with Crippen LogP contribution < -0.4 is 0 Å². The molecule has 6 nitrogen and oxygen atoms in total. The summed E-state index contributed by atoms with van der Waals surface area (Å²) in [6, 6.07) is 0.385. The Morgan fingerprint density at radius 3 is 2.52 bits per heavy atom. The number of likely N-dealkylation sites (tertiary alicyclic amines) is 1. The van der Waals surface area contributed by atoms with Gasteiger partial charge < -0.3 is 9.47 Å². The zero-order chi connectivity index (χ0) is 17.2. The molecule has 2 aliphatic heterocycles. The van der Waals surface area contributed by atoms with Crippen molar-refractivity contribution in [2.45, 2.75) is 70.4 Å². The van der Waals surface area contributed by atoms with E-state index < -0.39 is 0 Å². The van der Waals surface area contributed by atoms with E-state index in [4.69, 9.17) is 0 Å². The van der Waals surface area contributed by atoms with E-state index in [1.165, 1.54) is 38.5 Å². The molecule has 0 spiro atoms. The third-order valence-corrected chi connectivity index (χ3v) is 6.39. The van der Waals surface area contributed by atoms with Gasteiger partial charge in [-0.2, -0.15) is 0 Å². The number of carbonyl (C=O) groups excluding carboxylic acids is 1. The fourth-order valence-electron chi connectivity index (χ4n) is 4.82. The number of carbonyl (C=O) groups is 1. The SMILES string of the molecule is CN1CCCCC1c1nnc2n1CCN(C(=O)C1CCCCC1)CC2. The fraction of sp³-hybridized carbons (Fsp3) is 0.842. The first-order valence-corrected chi connectivity index (χ1v) is 10.1. The van der Waals surface area contributed by atoms with Crippen LogP contribution in [-0.2, 0) is 17.8 Å². The highest BCUT2D eigenvalue weighted by Crippen LogP contribution is 2.30. The van der Waals surface area contributed by atoms with Crippen molar-refractivity contribution in [3.8, 4) is 0 Å². The van der Waals surface area contributed by atoms with E-state index in [1.54, 1.807) is 0 Å². The van der Waals surface area contributed by atoms with E-state index in [0.29, 0.717) is 11.9 Å². The van der Waals surface area contributed by atoms with Gasteiger partial charge in [-0.3, -0.25) is 9.69 Å². The van der Waals surface area contributed by atoms with Crippen LogP contribution in [0.25, 0.3) is 0 Å². The molecular weight excluding hydrogens is 314 g/mol. The number of amides is 1. The third kappa shape index (κ3) is 3.46. The Hall–Kier alpha value is -1.43. The van der Waals surface area contributed by atoms with Crippen molar-refractivity contribution in [2.75, 3.05) is 26.7 Å². The van der Waals surface area contributed by atoms with Crippen LogP contribution in [0.3, 0.4) is 0 Å². The smallest absolute Gasteiger partial charge is 0.225 e. The topological polar surface area (TPSA) is 54.3 Å². The first-order valence-electron chi connectivity index (χ1n) is 10.1. The van der Waals surface area contributed by atoms with E-state index in [-0.39, 0.29) is 5.92 Å². The predicted octanol–water partition coefficient (Wildman–Crippen LogP) is 2.40. The Balaban J connectivity index is 1.46. The van der Waals surface area contributed by atoms with Gasteiger partial charge in [0.1, 0.15) is 11.6 Å².